The lowest BCUT2D eigenvalue weighted by Crippen LogP contribution is -2.44. The van der Waals surface area contributed by atoms with E-state index in [1.54, 1.807) is 0 Å². The fourth-order valence-electron chi connectivity index (χ4n) is 4.64. The lowest BCUT2D eigenvalue weighted by molar-refractivity contribution is 0.536. The van der Waals surface area contributed by atoms with Crippen molar-refractivity contribution in [3.8, 4) is 0 Å². The molecule has 0 aliphatic heterocycles. The summed E-state index contributed by atoms with van der Waals surface area (Å²) in [6.45, 7) is 2.28. The average molecular weight is 449 g/mol. The van der Waals surface area contributed by atoms with Crippen LogP contribution in [0.2, 0.25) is 0 Å². The maximum absolute atomic E-state index is 2.51. The molecule has 0 saturated heterocycles. The van der Waals surface area contributed by atoms with Crippen molar-refractivity contribution in [1.29, 1.82) is 0 Å². The molecular formula is C32H36N2. The first-order valence-corrected chi connectivity index (χ1v) is 12.7. The van der Waals surface area contributed by atoms with Crippen LogP contribution in [0, 0.1) is 0 Å². The first kappa shape index (κ1) is 23.6. The summed E-state index contributed by atoms with van der Waals surface area (Å²) in [4.78, 5) is 5.03. The Bertz CT molecular complexity index is 903. The highest BCUT2D eigenvalue weighted by Gasteiger charge is 2.28. The summed E-state index contributed by atoms with van der Waals surface area (Å²) in [5.41, 5.74) is 4.85. The summed E-state index contributed by atoms with van der Waals surface area (Å²) >= 11 is 0. The molecule has 0 atom stereocenters. The Balaban J connectivity index is 1.81. The van der Waals surface area contributed by atoms with Gasteiger partial charge in [0.05, 0.1) is 0 Å². The third kappa shape index (κ3) is 6.08. The largest absolute Gasteiger partial charge is 0.320 e. The van der Waals surface area contributed by atoms with Crippen LogP contribution in [0.25, 0.3) is 0 Å². The first-order chi connectivity index (χ1) is 16.9. The molecule has 0 radical (unpaired) electrons. The van der Waals surface area contributed by atoms with Gasteiger partial charge in [0.2, 0.25) is 0 Å². The normalized spacial score (nSPS) is 10.9. The summed E-state index contributed by atoms with van der Waals surface area (Å²) in [6.07, 6.45) is 7.54. The van der Waals surface area contributed by atoms with Crippen LogP contribution in [-0.4, -0.2) is 6.17 Å². The third-order valence-electron chi connectivity index (χ3n) is 6.30. The summed E-state index contributed by atoms with van der Waals surface area (Å²) in [6, 6.07) is 43.3. The van der Waals surface area contributed by atoms with Crippen molar-refractivity contribution in [2.24, 2.45) is 0 Å². The van der Waals surface area contributed by atoms with Gasteiger partial charge in [-0.3, -0.25) is 0 Å². The Labute approximate surface area is 205 Å². The van der Waals surface area contributed by atoms with Crippen LogP contribution < -0.4 is 9.80 Å². The summed E-state index contributed by atoms with van der Waals surface area (Å²) < 4.78 is 0. The number of hydrogen-bond donors (Lipinski definition) is 0. The molecule has 0 heterocycles. The molecule has 2 nitrogen and oxygen atoms in total. The van der Waals surface area contributed by atoms with Gasteiger partial charge >= 0.3 is 0 Å². The third-order valence-corrected chi connectivity index (χ3v) is 6.30. The molecule has 0 amide bonds. The number of unbranched alkanes of at least 4 members (excludes halogenated alkanes) is 4. The van der Waals surface area contributed by atoms with Gasteiger partial charge in [0.15, 0.2) is 0 Å². The monoisotopic (exact) mass is 448 g/mol. The average Bonchev–Trinajstić information content (AvgIpc) is 2.91. The lowest BCUT2D eigenvalue weighted by atomic mass is 10.0. The molecule has 4 aromatic carbocycles. The predicted molar refractivity (Wildman–Crippen MR) is 147 cm³/mol. The highest BCUT2D eigenvalue weighted by Crippen LogP contribution is 2.37. The van der Waals surface area contributed by atoms with Crippen molar-refractivity contribution < 1.29 is 0 Å². The molecule has 0 aromatic heterocycles. The highest BCUT2D eigenvalue weighted by atomic mass is 15.4. The molecule has 174 valence electrons. The van der Waals surface area contributed by atoms with Gasteiger partial charge in [0, 0.05) is 22.7 Å². The Morgan fingerprint density at radius 1 is 0.441 bits per heavy atom. The number of anilines is 4. The Hall–Kier alpha value is -3.52. The maximum atomic E-state index is 2.51. The van der Waals surface area contributed by atoms with Crippen molar-refractivity contribution in [1.82, 2.24) is 0 Å². The topological polar surface area (TPSA) is 6.48 Å². The van der Waals surface area contributed by atoms with Crippen LogP contribution in [0.5, 0.6) is 0 Å². The van der Waals surface area contributed by atoms with Crippen LogP contribution in [0.15, 0.2) is 121 Å². The molecule has 0 aliphatic rings. The zero-order valence-electron chi connectivity index (χ0n) is 20.3. The van der Waals surface area contributed by atoms with Crippen molar-refractivity contribution in [3.05, 3.63) is 121 Å². The summed E-state index contributed by atoms with van der Waals surface area (Å²) in [7, 11) is 0. The van der Waals surface area contributed by atoms with Crippen LogP contribution in [0.1, 0.15) is 45.4 Å². The van der Waals surface area contributed by atoms with E-state index in [0.717, 1.165) is 6.42 Å². The Morgan fingerprint density at radius 3 is 1.09 bits per heavy atom. The van der Waals surface area contributed by atoms with E-state index in [9.17, 15) is 0 Å². The highest BCUT2D eigenvalue weighted by molar-refractivity contribution is 5.71. The van der Waals surface area contributed by atoms with Crippen LogP contribution in [0.4, 0.5) is 22.7 Å². The second-order valence-electron chi connectivity index (χ2n) is 8.77. The van der Waals surface area contributed by atoms with Crippen LogP contribution in [0.3, 0.4) is 0 Å². The van der Waals surface area contributed by atoms with E-state index >= 15 is 0 Å². The molecule has 0 aliphatic carbocycles. The van der Waals surface area contributed by atoms with E-state index in [1.807, 2.05) is 0 Å². The molecule has 0 bridgehead atoms. The summed E-state index contributed by atoms with van der Waals surface area (Å²) in [5, 5.41) is 0. The molecule has 0 N–H and O–H groups in total. The van der Waals surface area contributed by atoms with E-state index in [-0.39, 0.29) is 6.17 Å². The number of para-hydroxylation sites is 4. The van der Waals surface area contributed by atoms with E-state index < -0.39 is 0 Å². The molecule has 4 aromatic rings. The smallest absolute Gasteiger partial charge is 0.111 e. The number of nitrogens with zero attached hydrogens (tertiary/aromatic N) is 2. The fourth-order valence-corrected chi connectivity index (χ4v) is 4.64. The van der Waals surface area contributed by atoms with Crippen molar-refractivity contribution >= 4 is 22.7 Å². The van der Waals surface area contributed by atoms with Gasteiger partial charge in [0.1, 0.15) is 6.17 Å². The second-order valence-corrected chi connectivity index (χ2v) is 8.77. The minimum atomic E-state index is 0.135. The van der Waals surface area contributed by atoms with Crippen molar-refractivity contribution in [2.45, 2.75) is 51.6 Å². The zero-order chi connectivity index (χ0) is 23.4. The van der Waals surface area contributed by atoms with Crippen LogP contribution in [-0.2, 0) is 0 Å². The van der Waals surface area contributed by atoms with E-state index in [4.69, 9.17) is 0 Å². The van der Waals surface area contributed by atoms with E-state index in [2.05, 4.69) is 138 Å². The molecule has 0 unspecified atom stereocenters. The number of benzene rings is 4. The molecule has 34 heavy (non-hydrogen) atoms. The minimum Gasteiger partial charge on any atom is -0.320 e. The van der Waals surface area contributed by atoms with Gasteiger partial charge in [-0.15, -0.1) is 0 Å². The number of hydrogen-bond acceptors (Lipinski definition) is 2. The Morgan fingerprint density at radius 2 is 0.765 bits per heavy atom. The van der Waals surface area contributed by atoms with Gasteiger partial charge < -0.3 is 9.80 Å². The van der Waals surface area contributed by atoms with Crippen molar-refractivity contribution in [2.75, 3.05) is 9.80 Å². The minimum absolute atomic E-state index is 0.135. The molecule has 0 saturated carbocycles. The molecule has 2 heteroatoms. The van der Waals surface area contributed by atoms with Gasteiger partial charge in [-0.1, -0.05) is 105 Å². The molecular weight excluding hydrogens is 412 g/mol. The second kappa shape index (κ2) is 12.6. The molecule has 0 spiro atoms. The quantitative estimate of drug-likeness (QED) is 0.157. The molecule has 4 rings (SSSR count). The Kier molecular flexibility index (Phi) is 8.79. The fraction of sp³-hybridized carbons (Fsp3) is 0.250. The SMILES string of the molecule is CCCCCCCC(N(c1ccccc1)c1ccccc1)N(c1ccccc1)c1ccccc1. The number of rotatable bonds is 12. The molecule has 0 fully saturated rings. The van der Waals surface area contributed by atoms with Crippen LogP contribution >= 0.6 is 0 Å². The van der Waals surface area contributed by atoms with Gasteiger partial charge in [0.25, 0.3) is 0 Å². The first-order valence-electron chi connectivity index (χ1n) is 12.7. The van der Waals surface area contributed by atoms with Crippen molar-refractivity contribution in [3.63, 3.8) is 0 Å². The predicted octanol–water partition coefficient (Wildman–Crippen LogP) is 9.35. The lowest BCUT2D eigenvalue weighted by Gasteiger charge is -2.42. The zero-order valence-corrected chi connectivity index (χ0v) is 20.3. The summed E-state index contributed by atoms with van der Waals surface area (Å²) in [5.74, 6) is 0. The van der Waals surface area contributed by atoms with Gasteiger partial charge in [-0.25, -0.2) is 0 Å². The van der Waals surface area contributed by atoms with Gasteiger partial charge in [-0.05, 0) is 61.4 Å². The van der Waals surface area contributed by atoms with E-state index in [0.29, 0.717) is 0 Å². The maximum Gasteiger partial charge on any atom is 0.111 e. The standard InChI is InChI=1S/C32H36N2/c1-2-3-4-5-18-27-32(33(28-19-10-6-11-20-28)29-21-12-7-13-22-29)34(30-23-14-8-15-24-30)31-25-16-9-17-26-31/h6-17,19-26,32H,2-5,18,27H2,1H3. The van der Waals surface area contributed by atoms with E-state index in [1.165, 1.54) is 54.9 Å². The van der Waals surface area contributed by atoms with Gasteiger partial charge in [-0.2, -0.15) is 0 Å².